The van der Waals surface area contributed by atoms with Crippen molar-refractivity contribution in [2.24, 2.45) is 11.8 Å². The number of carbonyl (C=O) groups is 3. The van der Waals surface area contributed by atoms with E-state index in [2.05, 4.69) is 34.6 Å². The van der Waals surface area contributed by atoms with Crippen LogP contribution in [0.25, 0.3) is 0 Å². The van der Waals surface area contributed by atoms with E-state index in [-0.39, 0.29) is 31.1 Å². The van der Waals surface area contributed by atoms with Gasteiger partial charge in [0.2, 0.25) is 0 Å². The second-order valence-corrected chi connectivity index (χ2v) is 15.2. The summed E-state index contributed by atoms with van der Waals surface area (Å²) in [5.41, 5.74) is 0. The smallest absolute Gasteiger partial charge is 0.306 e. The Hall–Kier alpha value is -1.59. The lowest BCUT2D eigenvalue weighted by Gasteiger charge is -2.18. The highest BCUT2D eigenvalue weighted by molar-refractivity contribution is 5.71. The average Bonchev–Trinajstić information content (AvgIpc) is 3.04. The van der Waals surface area contributed by atoms with Gasteiger partial charge in [0.25, 0.3) is 0 Å². The van der Waals surface area contributed by atoms with Crippen LogP contribution in [0.5, 0.6) is 0 Å². The lowest BCUT2D eigenvalue weighted by Crippen LogP contribution is -2.30. The quantitative estimate of drug-likeness (QED) is 0.0372. The van der Waals surface area contributed by atoms with Crippen LogP contribution < -0.4 is 0 Å². The van der Waals surface area contributed by atoms with Crippen LogP contribution in [0.15, 0.2) is 0 Å². The van der Waals surface area contributed by atoms with Crippen LogP contribution in [-0.4, -0.2) is 37.2 Å². The second-order valence-electron chi connectivity index (χ2n) is 15.2. The fourth-order valence-corrected chi connectivity index (χ4v) is 6.05. The Labute approximate surface area is 298 Å². The molecule has 0 saturated heterocycles. The molecule has 6 heteroatoms. The van der Waals surface area contributed by atoms with E-state index in [0.717, 1.165) is 69.6 Å². The van der Waals surface area contributed by atoms with Crippen LogP contribution in [0.2, 0.25) is 0 Å². The standard InChI is InChI=1S/C42H80O6/c1-6-7-8-9-10-11-17-22-27-32-40(43)46-35-39(48-42(45)34-29-24-19-14-16-21-26-31-38(4)5)36-47-41(44)33-28-23-18-13-12-15-20-25-30-37(2)3/h37-39H,6-36H2,1-5H3/t39-/m1/s1. The van der Waals surface area contributed by atoms with Crippen LogP contribution >= 0.6 is 0 Å². The van der Waals surface area contributed by atoms with Gasteiger partial charge in [-0.1, -0.05) is 182 Å². The molecule has 0 aliphatic heterocycles. The van der Waals surface area contributed by atoms with E-state index in [1.54, 1.807) is 0 Å². The van der Waals surface area contributed by atoms with E-state index in [1.807, 2.05) is 0 Å². The Bertz CT molecular complexity index is 734. The third kappa shape index (κ3) is 35.7. The lowest BCUT2D eigenvalue weighted by atomic mass is 10.0. The number of esters is 3. The average molecular weight is 681 g/mol. The van der Waals surface area contributed by atoms with Crippen molar-refractivity contribution in [3.05, 3.63) is 0 Å². The summed E-state index contributed by atoms with van der Waals surface area (Å²) in [6, 6.07) is 0. The molecule has 0 amide bonds. The van der Waals surface area contributed by atoms with Gasteiger partial charge in [-0.25, -0.2) is 0 Å². The largest absolute Gasteiger partial charge is 0.462 e. The van der Waals surface area contributed by atoms with Crippen molar-refractivity contribution in [3.63, 3.8) is 0 Å². The number of ether oxygens (including phenoxy) is 3. The second kappa shape index (κ2) is 35.2. The minimum Gasteiger partial charge on any atom is -0.462 e. The molecule has 0 saturated carbocycles. The molecule has 48 heavy (non-hydrogen) atoms. The van der Waals surface area contributed by atoms with E-state index in [9.17, 15) is 14.4 Å². The first-order chi connectivity index (χ1) is 23.2. The normalized spacial score (nSPS) is 12.1. The predicted molar refractivity (Wildman–Crippen MR) is 201 cm³/mol. The predicted octanol–water partition coefficient (Wildman–Crippen LogP) is 12.6. The third-order valence-electron chi connectivity index (χ3n) is 9.22. The zero-order valence-corrected chi connectivity index (χ0v) is 32.6. The number of carbonyl (C=O) groups excluding carboxylic acids is 3. The zero-order chi connectivity index (χ0) is 35.5. The highest BCUT2D eigenvalue weighted by atomic mass is 16.6. The Kier molecular flexibility index (Phi) is 34.1. The van der Waals surface area contributed by atoms with Crippen LogP contribution in [0.4, 0.5) is 0 Å². The molecule has 0 aromatic rings. The molecular weight excluding hydrogens is 600 g/mol. The highest BCUT2D eigenvalue weighted by Gasteiger charge is 2.19. The monoisotopic (exact) mass is 681 g/mol. The summed E-state index contributed by atoms with van der Waals surface area (Å²) < 4.78 is 16.6. The van der Waals surface area contributed by atoms with Crippen LogP contribution in [0, 0.1) is 11.8 Å². The van der Waals surface area contributed by atoms with Crippen molar-refractivity contribution in [1.82, 2.24) is 0 Å². The zero-order valence-electron chi connectivity index (χ0n) is 32.6. The number of hydrogen-bond donors (Lipinski definition) is 0. The summed E-state index contributed by atoms with van der Waals surface area (Å²) in [6.07, 6.45) is 31.0. The molecule has 0 N–H and O–H groups in total. The first kappa shape index (κ1) is 46.4. The van der Waals surface area contributed by atoms with Crippen LogP contribution in [0.1, 0.15) is 221 Å². The summed E-state index contributed by atoms with van der Waals surface area (Å²) in [4.78, 5) is 37.5. The maximum absolute atomic E-state index is 12.6. The van der Waals surface area contributed by atoms with Gasteiger partial charge in [0.15, 0.2) is 6.10 Å². The summed E-state index contributed by atoms with van der Waals surface area (Å²) in [6.45, 7) is 11.2. The van der Waals surface area contributed by atoms with Gasteiger partial charge in [0.1, 0.15) is 13.2 Å². The third-order valence-corrected chi connectivity index (χ3v) is 9.22. The van der Waals surface area contributed by atoms with Crippen LogP contribution in [0.3, 0.4) is 0 Å². The van der Waals surface area contributed by atoms with Crippen molar-refractivity contribution in [2.45, 2.75) is 227 Å². The van der Waals surface area contributed by atoms with Gasteiger partial charge in [-0.15, -0.1) is 0 Å². The lowest BCUT2D eigenvalue weighted by molar-refractivity contribution is -0.167. The fourth-order valence-electron chi connectivity index (χ4n) is 6.05. The highest BCUT2D eigenvalue weighted by Crippen LogP contribution is 2.15. The Morgan fingerprint density at radius 2 is 0.688 bits per heavy atom. The van der Waals surface area contributed by atoms with Gasteiger partial charge in [0.05, 0.1) is 0 Å². The van der Waals surface area contributed by atoms with Gasteiger partial charge in [0, 0.05) is 19.3 Å². The summed E-state index contributed by atoms with van der Waals surface area (Å²) in [5.74, 6) is 0.704. The van der Waals surface area contributed by atoms with E-state index in [4.69, 9.17) is 14.2 Å². The Morgan fingerprint density at radius 3 is 1.02 bits per heavy atom. The molecule has 0 heterocycles. The van der Waals surface area contributed by atoms with Crippen molar-refractivity contribution in [2.75, 3.05) is 13.2 Å². The number of unbranched alkanes of at least 4 members (excludes halogenated alkanes) is 21. The van der Waals surface area contributed by atoms with Crippen molar-refractivity contribution >= 4 is 17.9 Å². The molecule has 0 aliphatic carbocycles. The fraction of sp³-hybridized carbons (Fsp3) is 0.929. The molecule has 0 bridgehead atoms. The van der Waals surface area contributed by atoms with Gasteiger partial charge in [-0.3, -0.25) is 14.4 Å². The Balaban J connectivity index is 4.35. The number of hydrogen-bond acceptors (Lipinski definition) is 6. The molecule has 0 aromatic carbocycles. The maximum atomic E-state index is 12.6. The Morgan fingerprint density at radius 1 is 0.396 bits per heavy atom. The molecule has 0 aromatic heterocycles. The first-order valence-electron chi connectivity index (χ1n) is 20.7. The SMILES string of the molecule is CCCCCCCCCCCC(=O)OC[C@H](COC(=O)CCCCCCCCCCC(C)C)OC(=O)CCCCCCCCCC(C)C. The molecule has 284 valence electrons. The van der Waals surface area contributed by atoms with Crippen LogP contribution in [-0.2, 0) is 28.6 Å². The molecule has 0 radical (unpaired) electrons. The topological polar surface area (TPSA) is 78.9 Å². The van der Waals surface area contributed by atoms with Gasteiger partial charge in [-0.05, 0) is 31.1 Å². The molecule has 1 atom stereocenters. The van der Waals surface area contributed by atoms with E-state index >= 15 is 0 Å². The van der Waals surface area contributed by atoms with Crippen molar-refractivity contribution in [3.8, 4) is 0 Å². The molecular formula is C42H80O6. The van der Waals surface area contributed by atoms with Crippen molar-refractivity contribution in [1.29, 1.82) is 0 Å². The van der Waals surface area contributed by atoms with Crippen molar-refractivity contribution < 1.29 is 28.6 Å². The number of rotatable bonds is 36. The molecule has 0 aliphatic rings. The van der Waals surface area contributed by atoms with E-state index < -0.39 is 6.10 Å². The summed E-state index contributed by atoms with van der Waals surface area (Å²) >= 11 is 0. The maximum Gasteiger partial charge on any atom is 0.306 e. The van der Waals surface area contributed by atoms with Gasteiger partial charge < -0.3 is 14.2 Å². The molecule has 6 nitrogen and oxygen atoms in total. The minimum absolute atomic E-state index is 0.0666. The van der Waals surface area contributed by atoms with Gasteiger partial charge >= 0.3 is 17.9 Å². The molecule has 0 fully saturated rings. The van der Waals surface area contributed by atoms with E-state index in [0.29, 0.717) is 19.3 Å². The summed E-state index contributed by atoms with van der Waals surface area (Å²) in [5, 5.41) is 0. The minimum atomic E-state index is -0.759. The molecule has 0 unspecified atom stereocenters. The van der Waals surface area contributed by atoms with E-state index in [1.165, 1.54) is 109 Å². The van der Waals surface area contributed by atoms with Gasteiger partial charge in [-0.2, -0.15) is 0 Å². The summed E-state index contributed by atoms with van der Waals surface area (Å²) in [7, 11) is 0. The molecule has 0 rings (SSSR count). The molecule has 0 spiro atoms. The first-order valence-corrected chi connectivity index (χ1v) is 20.7.